The molecule has 0 bridgehead atoms. The SMILES string of the molecule is CC[n+]1c(SCC(=O)N/N=C/c2cccc([O-])c2)n[nH]c1-c1ccc(Cl)cc1. The lowest BCUT2D eigenvalue weighted by Gasteiger charge is -2.04. The number of nitrogens with one attached hydrogen (secondary N) is 2. The Kier molecular flexibility index (Phi) is 6.67. The molecule has 0 aliphatic heterocycles. The summed E-state index contributed by atoms with van der Waals surface area (Å²) in [4.78, 5) is 12.0. The van der Waals surface area contributed by atoms with Gasteiger partial charge >= 0.3 is 5.16 Å². The molecule has 0 radical (unpaired) electrons. The molecule has 0 saturated carbocycles. The Bertz CT molecular complexity index is 988. The van der Waals surface area contributed by atoms with Crippen LogP contribution in [0.15, 0.2) is 58.8 Å². The lowest BCUT2D eigenvalue weighted by molar-refractivity contribution is -0.719. The number of nitrogens with zero attached hydrogens (tertiary/aromatic N) is 3. The normalized spacial score (nSPS) is 11.1. The van der Waals surface area contributed by atoms with Crippen molar-refractivity contribution in [1.29, 1.82) is 0 Å². The van der Waals surface area contributed by atoms with E-state index in [9.17, 15) is 9.90 Å². The van der Waals surface area contributed by atoms with Crippen molar-refractivity contribution in [1.82, 2.24) is 15.6 Å². The highest BCUT2D eigenvalue weighted by Crippen LogP contribution is 2.19. The van der Waals surface area contributed by atoms with E-state index in [0.717, 1.165) is 11.4 Å². The van der Waals surface area contributed by atoms with Crippen LogP contribution < -0.4 is 15.1 Å². The zero-order valence-electron chi connectivity index (χ0n) is 15.1. The summed E-state index contributed by atoms with van der Waals surface area (Å²) in [7, 11) is 0. The molecule has 1 heterocycles. The van der Waals surface area contributed by atoms with Crippen LogP contribution in [0.3, 0.4) is 0 Å². The van der Waals surface area contributed by atoms with Crippen LogP contribution in [0.4, 0.5) is 0 Å². The molecule has 0 fully saturated rings. The summed E-state index contributed by atoms with van der Waals surface area (Å²) < 4.78 is 1.99. The van der Waals surface area contributed by atoms with Crippen LogP contribution in [0, 0.1) is 0 Å². The zero-order valence-corrected chi connectivity index (χ0v) is 16.6. The Morgan fingerprint density at radius 3 is 2.86 bits per heavy atom. The number of hydrazone groups is 1. The lowest BCUT2D eigenvalue weighted by Crippen LogP contribution is -2.36. The smallest absolute Gasteiger partial charge is 0.337 e. The Morgan fingerprint density at radius 1 is 1.36 bits per heavy atom. The van der Waals surface area contributed by atoms with Gasteiger partial charge in [-0.15, -0.1) is 10.8 Å². The van der Waals surface area contributed by atoms with E-state index in [2.05, 4.69) is 20.7 Å². The summed E-state index contributed by atoms with van der Waals surface area (Å²) in [6.45, 7) is 2.70. The number of rotatable bonds is 7. The van der Waals surface area contributed by atoms with E-state index in [1.807, 2.05) is 35.8 Å². The average molecular weight is 416 g/mol. The van der Waals surface area contributed by atoms with Crippen LogP contribution in [0.5, 0.6) is 5.75 Å². The number of carbonyl (C=O) groups is 1. The van der Waals surface area contributed by atoms with Crippen molar-refractivity contribution in [2.24, 2.45) is 5.10 Å². The summed E-state index contributed by atoms with van der Waals surface area (Å²) in [6, 6.07) is 13.7. The van der Waals surface area contributed by atoms with E-state index >= 15 is 0 Å². The molecule has 2 N–H and O–H groups in total. The number of benzene rings is 2. The lowest BCUT2D eigenvalue weighted by atomic mass is 10.2. The molecule has 0 unspecified atom stereocenters. The number of aromatic amines is 1. The Morgan fingerprint density at radius 2 is 2.14 bits per heavy atom. The molecule has 0 aliphatic carbocycles. The predicted octanol–water partition coefficient (Wildman–Crippen LogP) is 2.35. The third-order valence-electron chi connectivity index (χ3n) is 3.79. The number of hydrogen-bond donors (Lipinski definition) is 2. The van der Waals surface area contributed by atoms with Gasteiger partial charge in [-0.2, -0.15) is 5.10 Å². The van der Waals surface area contributed by atoms with Gasteiger partial charge in [-0.1, -0.05) is 35.9 Å². The Balaban J connectivity index is 1.59. The van der Waals surface area contributed by atoms with Gasteiger partial charge in [0, 0.05) is 5.02 Å². The fraction of sp³-hybridized carbons (Fsp3) is 0.158. The highest BCUT2D eigenvalue weighted by atomic mass is 35.5. The predicted molar refractivity (Wildman–Crippen MR) is 107 cm³/mol. The summed E-state index contributed by atoms with van der Waals surface area (Å²) in [5.74, 6) is 0.630. The number of carbonyl (C=O) groups excluding carboxylic acids is 1. The fourth-order valence-electron chi connectivity index (χ4n) is 2.48. The van der Waals surface area contributed by atoms with Gasteiger partial charge < -0.3 is 5.11 Å². The molecule has 3 aromatic rings. The third-order valence-corrected chi connectivity index (χ3v) is 5.01. The first-order valence-electron chi connectivity index (χ1n) is 8.52. The molecule has 9 heteroatoms. The third kappa shape index (κ3) is 5.11. The molecule has 7 nitrogen and oxygen atoms in total. The summed E-state index contributed by atoms with van der Waals surface area (Å²) in [6.07, 6.45) is 1.43. The maximum absolute atomic E-state index is 12.0. The van der Waals surface area contributed by atoms with E-state index in [1.165, 1.54) is 30.1 Å². The minimum absolute atomic E-state index is 0.107. The average Bonchev–Trinajstić information content (AvgIpc) is 3.10. The van der Waals surface area contributed by atoms with Crippen LogP contribution in [-0.2, 0) is 11.3 Å². The number of aromatic nitrogens is 3. The Hall–Kier alpha value is -2.84. The largest absolute Gasteiger partial charge is 0.872 e. The van der Waals surface area contributed by atoms with Crippen molar-refractivity contribution in [2.45, 2.75) is 18.6 Å². The van der Waals surface area contributed by atoms with Gasteiger partial charge in [-0.3, -0.25) is 4.79 Å². The van der Waals surface area contributed by atoms with Gasteiger partial charge in [-0.25, -0.2) is 9.99 Å². The van der Waals surface area contributed by atoms with Crippen molar-refractivity contribution < 1.29 is 14.5 Å². The molecule has 0 atom stereocenters. The number of halogens is 1. The van der Waals surface area contributed by atoms with Crippen LogP contribution >= 0.6 is 23.4 Å². The van der Waals surface area contributed by atoms with Gasteiger partial charge in [0.05, 0.1) is 29.2 Å². The number of hydrogen-bond acceptors (Lipinski definition) is 5. The van der Waals surface area contributed by atoms with Crippen molar-refractivity contribution in [3.8, 4) is 17.1 Å². The molecule has 144 valence electrons. The minimum atomic E-state index is -0.266. The number of amides is 1. The topological polar surface area (TPSA) is 97.1 Å². The van der Waals surface area contributed by atoms with Gasteiger partial charge in [0.1, 0.15) is 0 Å². The summed E-state index contributed by atoms with van der Waals surface area (Å²) in [5.41, 5.74) is 4.04. The van der Waals surface area contributed by atoms with Crippen LogP contribution in [0.2, 0.25) is 5.02 Å². The Labute approximate surface area is 171 Å². The molecule has 2 aromatic carbocycles. The molecule has 0 aliphatic rings. The first-order chi connectivity index (χ1) is 13.6. The van der Waals surface area contributed by atoms with E-state index in [1.54, 1.807) is 12.1 Å². The van der Waals surface area contributed by atoms with Gasteiger partial charge in [0.2, 0.25) is 0 Å². The zero-order chi connectivity index (χ0) is 19.9. The molecule has 0 spiro atoms. The summed E-state index contributed by atoms with van der Waals surface area (Å²) in [5, 5.41) is 23.8. The second-order valence-corrected chi connectivity index (χ2v) is 7.14. The molecule has 1 amide bonds. The van der Waals surface area contributed by atoms with Gasteiger partial charge in [-0.05, 0) is 48.5 Å². The maximum atomic E-state index is 12.0. The fourth-order valence-corrected chi connectivity index (χ4v) is 3.42. The molecular formula is C19H18ClN5O2S. The van der Waals surface area contributed by atoms with Gasteiger partial charge in [0.15, 0.2) is 0 Å². The van der Waals surface area contributed by atoms with Crippen LogP contribution in [-0.4, -0.2) is 28.1 Å². The van der Waals surface area contributed by atoms with Crippen molar-refractivity contribution in [2.75, 3.05) is 5.75 Å². The van der Waals surface area contributed by atoms with Crippen molar-refractivity contribution >= 4 is 35.5 Å². The quantitative estimate of drug-likeness (QED) is 0.268. The monoisotopic (exact) mass is 415 g/mol. The minimum Gasteiger partial charge on any atom is -0.872 e. The first kappa shape index (κ1) is 19.9. The first-order valence-corrected chi connectivity index (χ1v) is 9.89. The summed E-state index contributed by atoms with van der Waals surface area (Å²) >= 11 is 7.25. The number of thioether (sulfide) groups is 1. The molecule has 0 saturated heterocycles. The second-order valence-electron chi connectivity index (χ2n) is 5.76. The molecule has 3 rings (SSSR count). The molecular weight excluding hydrogens is 398 g/mol. The standard InChI is InChI=1S/C19H18ClN5O2S/c1-2-25-18(14-6-8-15(20)9-7-14)23-24-19(25)28-12-17(27)22-21-11-13-4-3-5-16(26)10-13/h3-11H,2,12H2,1H3,(H2,22,26,27)/b21-11+. The second kappa shape index (κ2) is 9.38. The highest BCUT2D eigenvalue weighted by Gasteiger charge is 2.21. The maximum Gasteiger partial charge on any atom is 0.337 e. The highest BCUT2D eigenvalue weighted by molar-refractivity contribution is 7.99. The van der Waals surface area contributed by atoms with Crippen molar-refractivity contribution in [3.63, 3.8) is 0 Å². The number of H-pyrrole nitrogens is 1. The van der Waals surface area contributed by atoms with Crippen LogP contribution in [0.25, 0.3) is 11.4 Å². The molecule has 28 heavy (non-hydrogen) atoms. The molecule has 1 aromatic heterocycles. The van der Waals surface area contributed by atoms with Crippen molar-refractivity contribution in [3.05, 3.63) is 59.1 Å². The van der Waals surface area contributed by atoms with E-state index in [0.29, 0.717) is 22.3 Å². The van der Waals surface area contributed by atoms with E-state index < -0.39 is 0 Å². The van der Waals surface area contributed by atoms with E-state index in [-0.39, 0.29) is 17.4 Å². The van der Waals surface area contributed by atoms with Crippen LogP contribution in [0.1, 0.15) is 12.5 Å². The van der Waals surface area contributed by atoms with E-state index in [4.69, 9.17) is 11.6 Å². The van der Waals surface area contributed by atoms with Gasteiger partial charge in [0.25, 0.3) is 11.7 Å².